The van der Waals surface area contributed by atoms with E-state index in [9.17, 15) is 0 Å². The van der Waals surface area contributed by atoms with Crippen molar-refractivity contribution >= 4 is 65.0 Å². The number of para-hydroxylation sites is 2. The fraction of sp³-hybridized carbons (Fsp3) is 0. The van der Waals surface area contributed by atoms with Crippen molar-refractivity contribution in [3.63, 3.8) is 0 Å². The van der Waals surface area contributed by atoms with Crippen molar-refractivity contribution in [1.82, 2.24) is 14.5 Å². The lowest BCUT2D eigenvalue weighted by Crippen LogP contribution is -2.03. The van der Waals surface area contributed by atoms with Gasteiger partial charge in [0.2, 0.25) is 5.95 Å². The smallest absolute Gasteiger partial charge is 0.235 e. The molecule has 0 bridgehead atoms. The van der Waals surface area contributed by atoms with Crippen LogP contribution in [-0.2, 0) is 0 Å². The van der Waals surface area contributed by atoms with Gasteiger partial charge in [0.1, 0.15) is 0 Å². The normalized spacial score (nSPS) is 11.9. The van der Waals surface area contributed by atoms with E-state index in [1.807, 2.05) is 0 Å². The molecule has 0 atom stereocenters. The summed E-state index contributed by atoms with van der Waals surface area (Å²) in [5, 5.41) is 10.8. The molecule has 3 heteroatoms. The maximum atomic E-state index is 5.31. The topological polar surface area (TPSA) is 30.7 Å². The van der Waals surface area contributed by atoms with Gasteiger partial charge in [-0.15, -0.1) is 0 Å². The molecule has 3 nitrogen and oxygen atoms in total. The minimum absolute atomic E-state index is 0.679. The van der Waals surface area contributed by atoms with Crippen molar-refractivity contribution in [3.05, 3.63) is 140 Å². The fourth-order valence-corrected chi connectivity index (χ4v) is 6.42. The van der Waals surface area contributed by atoms with Crippen LogP contribution < -0.4 is 0 Å². The van der Waals surface area contributed by atoms with Gasteiger partial charge in [0.25, 0.3) is 0 Å². The van der Waals surface area contributed by atoms with E-state index in [0.29, 0.717) is 5.95 Å². The van der Waals surface area contributed by atoms with E-state index in [1.165, 1.54) is 43.1 Å². The zero-order chi connectivity index (χ0) is 26.9. The van der Waals surface area contributed by atoms with Crippen LogP contribution in [0.3, 0.4) is 0 Å². The predicted octanol–water partition coefficient (Wildman–Crippen LogP) is 9.85. The SMILES string of the molecule is c1ccc2cc3c(cc2c1)c1ccccc1n3-c1nc(-c2ccc3c(ccc4ccccc43)c2)c2ccccc2n1. The quantitative estimate of drug-likeness (QED) is 0.212. The van der Waals surface area contributed by atoms with Crippen LogP contribution in [0.15, 0.2) is 140 Å². The molecule has 9 aromatic rings. The average molecular weight is 522 g/mol. The molecule has 41 heavy (non-hydrogen) atoms. The fourth-order valence-electron chi connectivity index (χ4n) is 6.42. The molecule has 9 rings (SSSR count). The van der Waals surface area contributed by atoms with Crippen molar-refractivity contribution in [3.8, 4) is 17.2 Å². The Labute approximate surface area is 235 Å². The van der Waals surface area contributed by atoms with E-state index in [-0.39, 0.29) is 0 Å². The largest absolute Gasteiger partial charge is 0.278 e. The monoisotopic (exact) mass is 521 g/mol. The standard InChI is InChI=1S/C38H23N3/c1-2-11-26-23-36-33(22-25(26)10-1)31-13-6-8-16-35(31)41(36)38-39-34-15-7-5-14-32(34)37(40-38)28-19-20-30-27(21-28)18-17-24-9-3-4-12-29(24)30/h1-23H. The highest BCUT2D eigenvalue weighted by Crippen LogP contribution is 2.36. The first-order valence-electron chi connectivity index (χ1n) is 13.9. The first kappa shape index (κ1) is 22.3. The van der Waals surface area contributed by atoms with Crippen LogP contribution in [0.1, 0.15) is 0 Å². The van der Waals surface area contributed by atoms with Crippen LogP contribution in [0, 0.1) is 0 Å². The van der Waals surface area contributed by atoms with Crippen LogP contribution in [0.4, 0.5) is 0 Å². The van der Waals surface area contributed by atoms with Gasteiger partial charge in [-0.3, -0.25) is 4.57 Å². The molecule has 0 N–H and O–H groups in total. The molecule has 0 amide bonds. The predicted molar refractivity (Wildman–Crippen MR) is 172 cm³/mol. The van der Waals surface area contributed by atoms with Crippen LogP contribution in [0.5, 0.6) is 0 Å². The summed E-state index contributed by atoms with van der Waals surface area (Å²) in [6.07, 6.45) is 0. The van der Waals surface area contributed by atoms with Gasteiger partial charge in [0, 0.05) is 21.7 Å². The number of aromatic nitrogens is 3. The molecule has 0 spiro atoms. The van der Waals surface area contributed by atoms with Gasteiger partial charge < -0.3 is 0 Å². The van der Waals surface area contributed by atoms with Crippen molar-refractivity contribution in [2.75, 3.05) is 0 Å². The Hall–Kier alpha value is -5.54. The summed E-state index contributed by atoms with van der Waals surface area (Å²) < 4.78 is 2.22. The second kappa shape index (κ2) is 8.48. The average Bonchev–Trinajstić information content (AvgIpc) is 3.36. The Morgan fingerprint density at radius 3 is 1.93 bits per heavy atom. The molecule has 2 aromatic heterocycles. The third-order valence-electron chi connectivity index (χ3n) is 8.35. The molecular weight excluding hydrogens is 498 g/mol. The number of nitrogens with zero attached hydrogens (tertiary/aromatic N) is 3. The zero-order valence-electron chi connectivity index (χ0n) is 22.1. The molecular formula is C38H23N3. The van der Waals surface area contributed by atoms with Crippen LogP contribution in [-0.4, -0.2) is 14.5 Å². The first-order valence-corrected chi connectivity index (χ1v) is 13.9. The van der Waals surface area contributed by atoms with E-state index >= 15 is 0 Å². The number of benzene rings is 7. The van der Waals surface area contributed by atoms with Crippen molar-refractivity contribution in [1.29, 1.82) is 0 Å². The third-order valence-corrected chi connectivity index (χ3v) is 8.35. The van der Waals surface area contributed by atoms with Crippen molar-refractivity contribution in [2.24, 2.45) is 0 Å². The molecule has 0 fully saturated rings. The summed E-state index contributed by atoms with van der Waals surface area (Å²) in [7, 11) is 0. The number of fused-ring (bicyclic) bond motifs is 8. The molecule has 0 aliphatic rings. The summed E-state index contributed by atoms with van der Waals surface area (Å²) in [5.41, 5.74) is 5.16. The van der Waals surface area contributed by atoms with Gasteiger partial charge >= 0.3 is 0 Å². The van der Waals surface area contributed by atoms with E-state index in [0.717, 1.165) is 33.2 Å². The van der Waals surface area contributed by atoms with Gasteiger partial charge in [-0.2, -0.15) is 0 Å². The highest BCUT2D eigenvalue weighted by molar-refractivity contribution is 6.14. The lowest BCUT2D eigenvalue weighted by molar-refractivity contribution is 1.01. The van der Waals surface area contributed by atoms with Crippen molar-refractivity contribution < 1.29 is 0 Å². The molecule has 0 aliphatic heterocycles. The Bertz CT molecular complexity index is 2490. The molecule has 2 heterocycles. The first-order chi connectivity index (χ1) is 20.3. The Morgan fingerprint density at radius 1 is 0.390 bits per heavy atom. The summed E-state index contributed by atoms with van der Waals surface area (Å²) in [6, 6.07) is 49.6. The number of rotatable bonds is 2. The highest BCUT2D eigenvalue weighted by Gasteiger charge is 2.18. The summed E-state index contributed by atoms with van der Waals surface area (Å²) in [4.78, 5) is 10.5. The summed E-state index contributed by atoms with van der Waals surface area (Å²) >= 11 is 0. The van der Waals surface area contributed by atoms with E-state index in [2.05, 4.69) is 144 Å². The second-order valence-electron chi connectivity index (χ2n) is 10.7. The summed E-state index contributed by atoms with van der Waals surface area (Å²) in [6.45, 7) is 0. The second-order valence-corrected chi connectivity index (χ2v) is 10.7. The van der Waals surface area contributed by atoms with Crippen LogP contribution in [0.2, 0.25) is 0 Å². The minimum Gasteiger partial charge on any atom is -0.278 e. The molecule has 0 saturated carbocycles. The molecule has 0 aliphatic carbocycles. The Balaban J connectivity index is 1.35. The Morgan fingerprint density at radius 2 is 1.05 bits per heavy atom. The van der Waals surface area contributed by atoms with Gasteiger partial charge in [-0.1, -0.05) is 109 Å². The van der Waals surface area contributed by atoms with E-state index < -0.39 is 0 Å². The minimum atomic E-state index is 0.679. The molecule has 190 valence electrons. The van der Waals surface area contributed by atoms with E-state index in [1.54, 1.807) is 0 Å². The lowest BCUT2D eigenvalue weighted by Gasteiger charge is -2.13. The maximum Gasteiger partial charge on any atom is 0.235 e. The highest BCUT2D eigenvalue weighted by atomic mass is 15.2. The van der Waals surface area contributed by atoms with Gasteiger partial charge in [0.15, 0.2) is 0 Å². The van der Waals surface area contributed by atoms with Gasteiger partial charge in [-0.25, -0.2) is 9.97 Å². The van der Waals surface area contributed by atoms with Crippen LogP contribution in [0.25, 0.3) is 82.2 Å². The summed E-state index contributed by atoms with van der Waals surface area (Å²) in [5.74, 6) is 0.679. The Kier molecular flexibility index (Phi) is 4.61. The zero-order valence-corrected chi connectivity index (χ0v) is 22.1. The molecule has 0 unspecified atom stereocenters. The van der Waals surface area contributed by atoms with Crippen molar-refractivity contribution in [2.45, 2.75) is 0 Å². The molecule has 0 radical (unpaired) electrons. The van der Waals surface area contributed by atoms with Gasteiger partial charge in [0.05, 0.1) is 22.2 Å². The van der Waals surface area contributed by atoms with E-state index in [4.69, 9.17) is 9.97 Å². The molecule has 7 aromatic carbocycles. The van der Waals surface area contributed by atoms with Crippen LogP contribution >= 0.6 is 0 Å². The molecule has 0 saturated heterocycles. The lowest BCUT2D eigenvalue weighted by atomic mass is 9.98. The van der Waals surface area contributed by atoms with Gasteiger partial charge in [-0.05, 0) is 62.6 Å². The number of hydrogen-bond donors (Lipinski definition) is 0. The maximum absolute atomic E-state index is 5.31. The third kappa shape index (κ3) is 3.33. The number of hydrogen-bond acceptors (Lipinski definition) is 2.